The minimum absolute atomic E-state index is 0.456. The van der Waals surface area contributed by atoms with Crippen molar-refractivity contribution in [3.05, 3.63) is 90.0 Å². The monoisotopic (exact) mass is 358 g/mol. The van der Waals surface area contributed by atoms with E-state index in [0.29, 0.717) is 16.7 Å². The Labute approximate surface area is 156 Å². The fraction of sp³-hybridized carbons (Fsp3) is 0. The van der Waals surface area contributed by atoms with E-state index in [4.69, 9.17) is 11.6 Å². The summed E-state index contributed by atoms with van der Waals surface area (Å²) >= 11 is 5.90. The molecule has 126 valence electrons. The van der Waals surface area contributed by atoms with Gasteiger partial charge in [-0.15, -0.1) is 10.2 Å². The molecule has 4 nitrogen and oxygen atoms in total. The van der Waals surface area contributed by atoms with Gasteiger partial charge in [-0.3, -0.25) is 0 Å². The molecule has 1 aromatic heterocycles. The van der Waals surface area contributed by atoms with Gasteiger partial charge >= 0.3 is 0 Å². The lowest BCUT2D eigenvalue weighted by molar-refractivity contribution is 1.13. The van der Waals surface area contributed by atoms with Gasteiger partial charge in [0.1, 0.15) is 0 Å². The van der Waals surface area contributed by atoms with Gasteiger partial charge in [-0.1, -0.05) is 72.3 Å². The first kappa shape index (κ1) is 16.2. The topological polar surface area (TPSA) is 53.4 Å². The van der Waals surface area contributed by atoms with E-state index < -0.39 is 0 Å². The molecule has 0 aliphatic rings. The summed E-state index contributed by atoms with van der Waals surface area (Å²) < 4.78 is 0. The van der Waals surface area contributed by atoms with Crippen LogP contribution in [0.15, 0.2) is 95.2 Å². The van der Waals surface area contributed by atoms with Gasteiger partial charge in [0.05, 0.1) is 17.1 Å². The maximum Gasteiger partial charge on any atom is 0.247 e. The molecule has 0 saturated carbocycles. The van der Waals surface area contributed by atoms with E-state index in [1.165, 1.54) is 0 Å². The molecule has 0 fully saturated rings. The summed E-state index contributed by atoms with van der Waals surface area (Å²) in [5.74, 6) is 0.456. The molecule has 4 rings (SSSR count). The largest absolute Gasteiger partial charge is 0.320 e. The Morgan fingerprint density at radius 1 is 0.692 bits per heavy atom. The van der Waals surface area contributed by atoms with Crippen LogP contribution in [0.5, 0.6) is 0 Å². The molecule has 5 heteroatoms. The third-order valence-electron chi connectivity index (χ3n) is 3.89. The minimum atomic E-state index is 0.456. The molecule has 0 unspecified atom stereocenters. The molecule has 0 aliphatic heterocycles. The van der Waals surface area contributed by atoms with Crippen LogP contribution in [0.3, 0.4) is 0 Å². The zero-order valence-corrected chi connectivity index (χ0v) is 14.6. The van der Waals surface area contributed by atoms with E-state index in [9.17, 15) is 0 Å². The van der Waals surface area contributed by atoms with Gasteiger partial charge in [0, 0.05) is 16.1 Å². The van der Waals surface area contributed by atoms with Crippen molar-refractivity contribution in [1.29, 1.82) is 0 Å². The molecule has 0 spiro atoms. The summed E-state index contributed by atoms with van der Waals surface area (Å²) in [5.41, 5.74) is 4.55. The van der Waals surface area contributed by atoms with E-state index in [-0.39, 0.29) is 0 Å². The van der Waals surface area contributed by atoms with Gasteiger partial charge in [-0.05, 0) is 24.3 Å². The van der Waals surface area contributed by atoms with Crippen molar-refractivity contribution in [3.63, 3.8) is 0 Å². The van der Waals surface area contributed by atoms with E-state index in [1.807, 2.05) is 72.8 Å². The Morgan fingerprint density at radius 3 is 1.96 bits per heavy atom. The van der Waals surface area contributed by atoms with Crippen molar-refractivity contribution in [1.82, 2.24) is 9.97 Å². The molecule has 0 aliphatic carbocycles. The zero-order valence-electron chi connectivity index (χ0n) is 13.8. The number of hydrogen-bond donors (Lipinski definition) is 1. The average molecular weight is 359 g/mol. The van der Waals surface area contributed by atoms with Crippen LogP contribution >= 0.6 is 11.6 Å². The van der Waals surface area contributed by atoms with Crippen LogP contribution in [-0.2, 0) is 0 Å². The number of aromatic amines is 1. The number of nitrogens with one attached hydrogen (secondary N) is 1. The Hall–Kier alpha value is -3.24. The van der Waals surface area contributed by atoms with Crippen molar-refractivity contribution in [2.24, 2.45) is 10.2 Å². The zero-order chi connectivity index (χ0) is 17.8. The molecule has 4 aromatic rings. The molecule has 1 heterocycles. The smallest absolute Gasteiger partial charge is 0.247 e. The summed E-state index contributed by atoms with van der Waals surface area (Å²) in [6.07, 6.45) is 0. The second kappa shape index (κ2) is 7.33. The molecule has 3 aromatic carbocycles. The van der Waals surface area contributed by atoms with Crippen LogP contribution in [0.1, 0.15) is 0 Å². The maximum absolute atomic E-state index is 5.90. The van der Waals surface area contributed by atoms with Crippen molar-refractivity contribution in [3.8, 4) is 22.5 Å². The normalized spacial score (nSPS) is 11.1. The summed E-state index contributed by atoms with van der Waals surface area (Å²) in [4.78, 5) is 7.93. The molecule has 0 atom stereocenters. The number of H-pyrrole nitrogens is 1. The quantitative estimate of drug-likeness (QED) is 0.400. The van der Waals surface area contributed by atoms with Gasteiger partial charge in [-0.25, -0.2) is 4.98 Å². The summed E-state index contributed by atoms with van der Waals surface area (Å²) in [7, 11) is 0. The number of imidazole rings is 1. The molecule has 0 radical (unpaired) electrons. The second-order valence-corrected chi connectivity index (χ2v) is 6.13. The van der Waals surface area contributed by atoms with Gasteiger partial charge in [0.2, 0.25) is 5.95 Å². The predicted octanol–water partition coefficient (Wildman–Crippen LogP) is 6.81. The number of rotatable bonds is 4. The van der Waals surface area contributed by atoms with Gasteiger partial charge < -0.3 is 4.98 Å². The molecule has 0 amide bonds. The molecular weight excluding hydrogens is 344 g/mol. The highest BCUT2D eigenvalue weighted by atomic mass is 35.5. The first-order valence-electron chi connectivity index (χ1n) is 8.18. The molecule has 0 saturated heterocycles. The number of halogens is 1. The fourth-order valence-electron chi connectivity index (χ4n) is 2.64. The number of hydrogen-bond acceptors (Lipinski definition) is 3. The van der Waals surface area contributed by atoms with Crippen LogP contribution in [0, 0.1) is 0 Å². The van der Waals surface area contributed by atoms with Crippen LogP contribution < -0.4 is 0 Å². The van der Waals surface area contributed by atoms with Crippen molar-refractivity contribution < 1.29 is 0 Å². The second-order valence-electron chi connectivity index (χ2n) is 5.69. The fourth-order valence-corrected chi connectivity index (χ4v) is 2.77. The lowest BCUT2D eigenvalue weighted by Gasteiger charge is -2.02. The Morgan fingerprint density at radius 2 is 1.31 bits per heavy atom. The summed E-state index contributed by atoms with van der Waals surface area (Å²) in [5, 5.41) is 9.15. The molecule has 0 bridgehead atoms. The Bertz CT molecular complexity index is 966. The average Bonchev–Trinajstić information content (AvgIpc) is 3.13. The maximum atomic E-state index is 5.90. The van der Waals surface area contributed by atoms with Crippen LogP contribution in [0.4, 0.5) is 11.6 Å². The first-order valence-corrected chi connectivity index (χ1v) is 8.55. The lowest BCUT2D eigenvalue weighted by atomic mass is 10.1. The van der Waals surface area contributed by atoms with Crippen LogP contribution in [0.25, 0.3) is 22.5 Å². The van der Waals surface area contributed by atoms with Crippen LogP contribution in [0.2, 0.25) is 5.02 Å². The highest BCUT2D eigenvalue weighted by Crippen LogP contribution is 2.32. The van der Waals surface area contributed by atoms with Crippen molar-refractivity contribution in [2.45, 2.75) is 0 Å². The molecular formula is C21H15ClN4. The van der Waals surface area contributed by atoms with E-state index in [0.717, 1.165) is 22.5 Å². The minimum Gasteiger partial charge on any atom is -0.320 e. The molecule has 26 heavy (non-hydrogen) atoms. The SMILES string of the molecule is Clc1ccc(N=Nc2nc(-c3ccccc3)c(-c3ccccc3)[nH]2)cc1. The third-order valence-corrected chi connectivity index (χ3v) is 4.14. The Balaban J connectivity index is 1.75. The summed E-state index contributed by atoms with van der Waals surface area (Å²) in [6, 6.07) is 27.3. The van der Waals surface area contributed by atoms with Crippen molar-refractivity contribution >= 4 is 23.2 Å². The Kier molecular flexibility index (Phi) is 4.58. The van der Waals surface area contributed by atoms with Gasteiger partial charge in [-0.2, -0.15) is 0 Å². The number of azo groups is 1. The standard InChI is InChI=1S/C21H15ClN4/c22-17-11-13-18(14-12-17)25-26-21-23-19(15-7-3-1-4-8-15)20(24-21)16-9-5-2-6-10-16/h1-14H,(H,23,24). The van der Waals surface area contributed by atoms with E-state index in [1.54, 1.807) is 12.1 Å². The number of aromatic nitrogens is 2. The predicted molar refractivity (Wildman–Crippen MR) is 105 cm³/mol. The number of nitrogens with zero attached hydrogens (tertiary/aromatic N) is 3. The third kappa shape index (κ3) is 3.55. The van der Waals surface area contributed by atoms with Crippen molar-refractivity contribution in [2.75, 3.05) is 0 Å². The van der Waals surface area contributed by atoms with Gasteiger partial charge in [0.15, 0.2) is 0 Å². The van der Waals surface area contributed by atoms with E-state index >= 15 is 0 Å². The first-order chi connectivity index (χ1) is 12.8. The highest BCUT2D eigenvalue weighted by Gasteiger charge is 2.13. The molecule has 1 N–H and O–H groups in total. The van der Waals surface area contributed by atoms with Gasteiger partial charge in [0.25, 0.3) is 0 Å². The highest BCUT2D eigenvalue weighted by molar-refractivity contribution is 6.30. The van der Waals surface area contributed by atoms with E-state index in [2.05, 4.69) is 20.2 Å². The lowest BCUT2D eigenvalue weighted by Crippen LogP contribution is -1.82. The number of benzene rings is 3. The summed E-state index contributed by atoms with van der Waals surface area (Å²) in [6.45, 7) is 0. The van der Waals surface area contributed by atoms with Crippen LogP contribution in [-0.4, -0.2) is 9.97 Å².